The van der Waals surface area contributed by atoms with Crippen LogP contribution in [0.25, 0.3) is 0 Å². The van der Waals surface area contributed by atoms with Crippen molar-refractivity contribution in [3.63, 3.8) is 0 Å². The molecule has 4 N–H and O–H groups in total. The average molecular weight is 593 g/mol. The fourth-order valence-electron chi connectivity index (χ4n) is 4.77. The van der Waals surface area contributed by atoms with Crippen LogP contribution in [0.2, 0.25) is 5.02 Å². The van der Waals surface area contributed by atoms with E-state index in [4.69, 9.17) is 21.1 Å². The van der Waals surface area contributed by atoms with Crippen LogP contribution in [0, 0.1) is 17.2 Å². The molecular formula is C31H37ClN6O4. The van der Waals surface area contributed by atoms with E-state index in [0.29, 0.717) is 58.7 Å². The van der Waals surface area contributed by atoms with E-state index in [-0.39, 0.29) is 19.1 Å². The van der Waals surface area contributed by atoms with Gasteiger partial charge >= 0.3 is 0 Å². The lowest BCUT2D eigenvalue weighted by Crippen LogP contribution is -2.31. The molecule has 3 aromatic rings. The van der Waals surface area contributed by atoms with Crippen molar-refractivity contribution >= 4 is 34.6 Å². The lowest BCUT2D eigenvalue weighted by Gasteiger charge is -2.33. The molecule has 2 aromatic carbocycles. The van der Waals surface area contributed by atoms with Crippen LogP contribution < -0.4 is 25.4 Å². The number of nitrogens with zero attached hydrogens (tertiary/aromatic N) is 3. The smallest absolute Gasteiger partial charge is 0.224 e. The molecule has 42 heavy (non-hydrogen) atoms. The van der Waals surface area contributed by atoms with Gasteiger partial charge in [0.2, 0.25) is 5.91 Å². The van der Waals surface area contributed by atoms with Gasteiger partial charge in [0.25, 0.3) is 0 Å². The number of fused-ring (bicyclic) bond motifs is 1. The molecule has 2 atom stereocenters. The van der Waals surface area contributed by atoms with Crippen molar-refractivity contribution in [3.8, 4) is 17.6 Å². The van der Waals surface area contributed by atoms with Crippen LogP contribution in [0.4, 0.5) is 17.1 Å². The number of rotatable bonds is 13. The Morgan fingerprint density at radius 1 is 1.24 bits per heavy atom. The number of nitrogens with one attached hydrogen (secondary N) is 3. The van der Waals surface area contributed by atoms with Gasteiger partial charge in [0.1, 0.15) is 18.1 Å². The van der Waals surface area contributed by atoms with E-state index in [1.807, 2.05) is 38.1 Å². The predicted molar refractivity (Wildman–Crippen MR) is 164 cm³/mol. The number of aliphatic hydroxyl groups is 1. The fraction of sp³-hybridized carbons (Fsp3) is 0.387. The number of amides is 1. The van der Waals surface area contributed by atoms with Gasteiger partial charge in [0.05, 0.1) is 53.3 Å². The number of nitriles is 1. The molecule has 1 aromatic heterocycles. The van der Waals surface area contributed by atoms with E-state index < -0.39 is 12.0 Å². The van der Waals surface area contributed by atoms with Crippen LogP contribution in [-0.2, 0) is 18.0 Å². The van der Waals surface area contributed by atoms with Gasteiger partial charge < -0.3 is 35.4 Å². The number of benzene rings is 2. The Balaban J connectivity index is 1.55. The standard InChI is InChI=1S/C31H37ClN6O4/c1-4-41-29-15-26-23(14-27(29)36-30(40)8-6-12-38(2)3)31(21(16-33)17-35-26)37-25-10-9-22(13-24(25)32)42-19-28-20(18-39)7-5-11-34-28/h5,7,9-11,13-15,21,31,35,37,39H,4,6,8,12,17-19H2,1-3H3,(H,36,40). The molecule has 1 aliphatic rings. The van der Waals surface area contributed by atoms with Crippen LogP contribution >= 0.6 is 11.6 Å². The van der Waals surface area contributed by atoms with Gasteiger partial charge in [-0.25, -0.2) is 0 Å². The number of anilines is 3. The molecule has 10 nitrogen and oxygen atoms in total. The van der Waals surface area contributed by atoms with Crippen molar-refractivity contribution in [2.45, 2.75) is 39.0 Å². The second-order valence-corrected chi connectivity index (χ2v) is 10.7. The second kappa shape index (κ2) is 14.7. The summed E-state index contributed by atoms with van der Waals surface area (Å²) in [6.45, 7) is 3.64. The van der Waals surface area contributed by atoms with Gasteiger partial charge in [-0.05, 0) is 58.3 Å². The Morgan fingerprint density at radius 3 is 2.79 bits per heavy atom. The van der Waals surface area contributed by atoms with Gasteiger partial charge in [-0.3, -0.25) is 9.78 Å². The zero-order valence-corrected chi connectivity index (χ0v) is 24.9. The third-order valence-electron chi connectivity index (χ3n) is 6.93. The molecule has 0 saturated carbocycles. The first-order chi connectivity index (χ1) is 20.3. The van der Waals surface area contributed by atoms with E-state index in [0.717, 1.165) is 24.2 Å². The predicted octanol–water partition coefficient (Wildman–Crippen LogP) is 5.20. The third kappa shape index (κ3) is 7.82. The Morgan fingerprint density at radius 2 is 2.07 bits per heavy atom. The van der Waals surface area contributed by atoms with Gasteiger partial charge in [0, 0.05) is 48.1 Å². The van der Waals surface area contributed by atoms with Crippen molar-refractivity contribution in [1.82, 2.24) is 9.88 Å². The molecule has 0 saturated heterocycles. The van der Waals surface area contributed by atoms with Crippen molar-refractivity contribution in [2.24, 2.45) is 5.92 Å². The molecule has 222 valence electrons. The lowest BCUT2D eigenvalue weighted by molar-refractivity contribution is -0.116. The molecule has 0 spiro atoms. The first-order valence-corrected chi connectivity index (χ1v) is 14.3. The summed E-state index contributed by atoms with van der Waals surface area (Å²) < 4.78 is 11.7. The van der Waals surface area contributed by atoms with E-state index in [2.05, 4.69) is 27.0 Å². The number of pyridine rings is 1. The van der Waals surface area contributed by atoms with Crippen molar-refractivity contribution in [3.05, 3.63) is 70.5 Å². The molecule has 2 heterocycles. The molecular weight excluding hydrogens is 556 g/mol. The molecule has 0 bridgehead atoms. The molecule has 1 aliphatic heterocycles. The van der Waals surface area contributed by atoms with Crippen LogP contribution in [0.5, 0.6) is 11.5 Å². The van der Waals surface area contributed by atoms with Gasteiger partial charge in [-0.15, -0.1) is 0 Å². The topological polar surface area (TPSA) is 132 Å². The zero-order chi connectivity index (χ0) is 30.1. The summed E-state index contributed by atoms with van der Waals surface area (Å²) in [5, 5.41) is 29.7. The average Bonchev–Trinajstić information content (AvgIpc) is 2.97. The van der Waals surface area contributed by atoms with Crippen LogP contribution in [-0.4, -0.2) is 54.7 Å². The number of carbonyl (C=O) groups excluding carboxylic acids is 1. The number of hydrogen-bond acceptors (Lipinski definition) is 9. The van der Waals surface area contributed by atoms with Crippen molar-refractivity contribution in [1.29, 1.82) is 5.26 Å². The number of carbonyl (C=O) groups is 1. The first-order valence-electron chi connectivity index (χ1n) is 13.9. The molecule has 0 radical (unpaired) electrons. The largest absolute Gasteiger partial charge is 0.492 e. The molecule has 0 aliphatic carbocycles. The molecule has 4 rings (SSSR count). The zero-order valence-electron chi connectivity index (χ0n) is 24.1. The Hall–Kier alpha value is -4.04. The summed E-state index contributed by atoms with van der Waals surface area (Å²) >= 11 is 6.67. The molecule has 0 fully saturated rings. The normalized spacial score (nSPS) is 15.7. The minimum atomic E-state index is -0.410. The Labute approximate surface area is 251 Å². The highest BCUT2D eigenvalue weighted by atomic mass is 35.5. The minimum Gasteiger partial charge on any atom is -0.492 e. The van der Waals surface area contributed by atoms with Gasteiger partial charge in [0.15, 0.2) is 0 Å². The second-order valence-electron chi connectivity index (χ2n) is 10.3. The Kier molecular flexibility index (Phi) is 10.8. The van der Waals surface area contributed by atoms with Gasteiger partial charge in [-0.1, -0.05) is 17.7 Å². The Bertz CT molecular complexity index is 1430. The highest BCUT2D eigenvalue weighted by Crippen LogP contribution is 2.42. The maximum Gasteiger partial charge on any atom is 0.224 e. The first kappa shape index (κ1) is 30.9. The number of hydrogen-bond donors (Lipinski definition) is 4. The number of halogens is 1. The van der Waals surface area contributed by atoms with E-state index in [9.17, 15) is 15.2 Å². The van der Waals surface area contributed by atoms with Crippen molar-refractivity contribution in [2.75, 3.05) is 49.7 Å². The van der Waals surface area contributed by atoms with Gasteiger partial charge in [-0.2, -0.15) is 5.26 Å². The number of aliphatic hydroxyl groups excluding tert-OH is 1. The summed E-state index contributed by atoms with van der Waals surface area (Å²) in [6, 6.07) is 14.6. The van der Waals surface area contributed by atoms with Crippen molar-refractivity contribution < 1.29 is 19.4 Å². The summed E-state index contributed by atoms with van der Waals surface area (Å²) in [7, 11) is 3.95. The summed E-state index contributed by atoms with van der Waals surface area (Å²) in [5.74, 6) is 0.601. The summed E-state index contributed by atoms with van der Waals surface area (Å²) in [6.07, 6.45) is 2.77. The van der Waals surface area contributed by atoms with Crippen LogP contribution in [0.1, 0.15) is 42.6 Å². The fourth-order valence-corrected chi connectivity index (χ4v) is 4.99. The van der Waals surface area contributed by atoms with Crippen LogP contribution in [0.15, 0.2) is 48.7 Å². The molecule has 11 heteroatoms. The molecule has 1 amide bonds. The minimum absolute atomic E-state index is 0.0988. The highest BCUT2D eigenvalue weighted by Gasteiger charge is 2.32. The maximum absolute atomic E-state index is 12.8. The van der Waals surface area contributed by atoms with E-state index >= 15 is 0 Å². The summed E-state index contributed by atoms with van der Waals surface area (Å²) in [5.41, 5.74) is 4.18. The monoisotopic (exact) mass is 592 g/mol. The third-order valence-corrected chi connectivity index (χ3v) is 7.25. The van der Waals surface area contributed by atoms with E-state index in [1.54, 1.807) is 36.5 Å². The van der Waals surface area contributed by atoms with Crippen LogP contribution in [0.3, 0.4) is 0 Å². The number of ether oxygens (including phenoxy) is 2. The SMILES string of the molecule is CCOc1cc2c(cc1NC(=O)CCCN(C)C)C(Nc1ccc(OCc3ncccc3CO)cc1Cl)C(C#N)CN2. The highest BCUT2D eigenvalue weighted by molar-refractivity contribution is 6.33. The van der Waals surface area contributed by atoms with E-state index in [1.165, 1.54) is 0 Å². The maximum atomic E-state index is 12.8. The lowest BCUT2D eigenvalue weighted by atomic mass is 9.88. The number of aromatic nitrogens is 1. The molecule has 2 unspecified atom stereocenters. The summed E-state index contributed by atoms with van der Waals surface area (Å²) in [4.78, 5) is 19.1. The quantitative estimate of drug-likeness (QED) is 0.211.